The Morgan fingerprint density at radius 2 is 2.57 bits per heavy atom. The lowest BCUT2D eigenvalue weighted by atomic mass is 9.95. The molecule has 0 bridgehead atoms. The maximum absolute atomic E-state index is 5.32. The van der Waals surface area contributed by atoms with Crippen LogP contribution in [0.2, 0.25) is 0 Å². The molecule has 0 aromatic carbocycles. The third-order valence-electron chi connectivity index (χ3n) is 2.80. The minimum absolute atomic E-state index is 0.749. The molecule has 78 valence electrons. The van der Waals surface area contributed by atoms with E-state index in [0.29, 0.717) is 0 Å². The second-order valence-corrected chi connectivity index (χ2v) is 4.00. The van der Waals surface area contributed by atoms with E-state index in [1.807, 2.05) is 6.26 Å². The Hall–Kier alpha value is -0.830. The van der Waals surface area contributed by atoms with Gasteiger partial charge in [-0.05, 0) is 38.3 Å². The molecule has 1 aliphatic heterocycles. The Kier molecular flexibility index (Phi) is 3.19. The van der Waals surface area contributed by atoms with Gasteiger partial charge >= 0.3 is 0 Å². The summed E-state index contributed by atoms with van der Waals surface area (Å²) >= 11 is 0. The largest absolute Gasteiger partial charge is 0.449 e. The van der Waals surface area contributed by atoms with Gasteiger partial charge in [-0.3, -0.25) is 0 Å². The number of nitrogens with one attached hydrogen (secondary N) is 1. The topological polar surface area (TPSA) is 38.1 Å². The average molecular weight is 194 g/mol. The van der Waals surface area contributed by atoms with E-state index in [0.717, 1.165) is 36.9 Å². The summed E-state index contributed by atoms with van der Waals surface area (Å²) in [5.74, 6) is 1.61. The minimum atomic E-state index is 0.749. The smallest absolute Gasteiger partial charge is 0.193 e. The predicted octanol–water partition coefficient (Wildman–Crippen LogP) is 1.78. The highest BCUT2D eigenvalue weighted by molar-refractivity contribution is 4.98. The third-order valence-corrected chi connectivity index (χ3v) is 2.80. The normalized spacial score (nSPS) is 22.5. The van der Waals surface area contributed by atoms with Crippen LogP contribution in [0, 0.1) is 5.92 Å². The maximum atomic E-state index is 5.32. The zero-order valence-corrected chi connectivity index (χ0v) is 8.75. The van der Waals surface area contributed by atoms with Crippen molar-refractivity contribution in [3.8, 4) is 0 Å². The number of nitrogens with zero attached hydrogens (tertiary/aromatic N) is 1. The van der Waals surface area contributed by atoms with Crippen molar-refractivity contribution in [3.05, 3.63) is 17.8 Å². The minimum Gasteiger partial charge on any atom is -0.449 e. The molecule has 14 heavy (non-hydrogen) atoms. The van der Waals surface area contributed by atoms with Gasteiger partial charge in [0.25, 0.3) is 0 Å². The van der Waals surface area contributed by atoms with Crippen LogP contribution in [0.4, 0.5) is 0 Å². The second-order valence-electron chi connectivity index (χ2n) is 4.00. The highest BCUT2D eigenvalue weighted by Gasteiger charge is 2.15. The summed E-state index contributed by atoms with van der Waals surface area (Å²) in [6, 6.07) is 0. The fraction of sp³-hybridized carbons (Fsp3) is 0.727. The lowest BCUT2D eigenvalue weighted by Crippen LogP contribution is -2.30. The van der Waals surface area contributed by atoms with E-state index in [1.54, 1.807) is 0 Å². The van der Waals surface area contributed by atoms with Crippen LogP contribution in [0.3, 0.4) is 0 Å². The summed E-state index contributed by atoms with van der Waals surface area (Å²) in [4.78, 5) is 4.43. The van der Waals surface area contributed by atoms with Gasteiger partial charge in [-0.2, -0.15) is 0 Å². The van der Waals surface area contributed by atoms with Gasteiger partial charge in [0.05, 0.1) is 5.69 Å². The van der Waals surface area contributed by atoms with Crippen LogP contribution in [0.15, 0.2) is 10.7 Å². The number of oxazole rings is 1. The summed E-state index contributed by atoms with van der Waals surface area (Å²) in [6.45, 7) is 4.38. The number of hydrogen-bond acceptors (Lipinski definition) is 3. The van der Waals surface area contributed by atoms with E-state index in [9.17, 15) is 0 Å². The molecule has 1 aliphatic rings. The Morgan fingerprint density at radius 1 is 1.64 bits per heavy atom. The highest BCUT2D eigenvalue weighted by atomic mass is 16.3. The van der Waals surface area contributed by atoms with E-state index < -0.39 is 0 Å². The van der Waals surface area contributed by atoms with Crippen molar-refractivity contribution in [3.63, 3.8) is 0 Å². The highest BCUT2D eigenvalue weighted by Crippen LogP contribution is 2.16. The van der Waals surface area contributed by atoms with Crippen molar-refractivity contribution >= 4 is 0 Å². The number of aryl methyl sites for hydroxylation is 1. The number of hydrogen-bond donors (Lipinski definition) is 1. The molecule has 3 nitrogen and oxygen atoms in total. The molecule has 1 N–H and O–H groups in total. The Balaban J connectivity index is 1.89. The van der Waals surface area contributed by atoms with Crippen LogP contribution in [0.1, 0.15) is 31.4 Å². The molecule has 0 aliphatic carbocycles. The summed E-state index contributed by atoms with van der Waals surface area (Å²) in [7, 11) is 0. The van der Waals surface area contributed by atoms with Gasteiger partial charge in [0.15, 0.2) is 5.89 Å². The van der Waals surface area contributed by atoms with Crippen molar-refractivity contribution < 1.29 is 4.42 Å². The lowest BCUT2D eigenvalue weighted by molar-refractivity contribution is 0.373. The zero-order chi connectivity index (χ0) is 9.80. The van der Waals surface area contributed by atoms with Crippen LogP contribution >= 0.6 is 0 Å². The van der Waals surface area contributed by atoms with Crippen molar-refractivity contribution in [2.75, 3.05) is 13.1 Å². The molecular formula is C11H18N2O. The summed E-state index contributed by atoms with van der Waals surface area (Å²) in [5.41, 5.74) is 1.12. The van der Waals surface area contributed by atoms with Gasteiger partial charge in [0.1, 0.15) is 6.26 Å². The van der Waals surface area contributed by atoms with Gasteiger partial charge in [-0.15, -0.1) is 0 Å². The van der Waals surface area contributed by atoms with Gasteiger partial charge in [-0.25, -0.2) is 4.98 Å². The predicted molar refractivity (Wildman–Crippen MR) is 55.2 cm³/mol. The fourth-order valence-corrected chi connectivity index (χ4v) is 2.00. The number of rotatable bonds is 3. The molecule has 0 saturated carbocycles. The molecule has 1 atom stereocenters. The fourth-order valence-electron chi connectivity index (χ4n) is 2.00. The first kappa shape index (κ1) is 9.71. The average Bonchev–Trinajstić information content (AvgIpc) is 2.67. The van der Waals surface area contributed by atoms with Gasteiger partial charge < -0.3 is 9.73 Å². The van der Waals surface area contributed by atoms with Crippen LogP contribution in [-0.2, 0) is 12.8 Å². The molecule has 1 unspecified atom stereocenters. The van der Waals surface area contributed by atoms with Crippen molar-refractivity contribution in [2.24, 2.45) is 5.92 Å². The van der Waals surface area contributed by atoms with Crippen molar-refractivity contribution in [1.82, 2.24) is 10.3 Å². The van der Waals surface area contributed by atoms with E-state index in [2.05, 4.69) is 17.2 Å². The molecule has 0 radical (unpaired) electrons. The van der Waals surface area contributed by atoms with E-state index in [-0.39, 0.29) is 0 Å². The maximum Gasteiger partial charge on any atom is 0.193 e. The molecule has 1 fully saturated rings. The van der Waals surface area contributed by atoms with Crippen LogP contribution < -0.4 is 5.32 Å². The Bertz CT molecular complexity index is 277. The number of aromatic nitrogens is 1. The first-order valence-electron chi connectivity index (χ1n) is 5.52. The van der Waals surface area contributed by atoms with Crippen molar-refractivity contribution in [1.29, 1.82) is 0 Å². The molecule has 0 spiro atoms. The molecule has 2 rings (SSSR count). The van der Waals surface area contributed by atoms with Gasteiger partial charge in [0.2, 0.25) is 0 Å². The number of piperidine rings is 1. The first-order chi connectivity index (χ1) is 6.88. The summed E-state index contributed by atoms with van der Waals surface area (Å²) < 4.78 is 5.32. The lowest BCUT2D eigenvalue weighted by Gasteiger charge is -2.21. The molecular weight excluding hydrogens is 176 g/mol. The van der Waals surface area contributed by atoms with Crippen LogP contribution in [0.25, 0.3) is 0 Å². The zero-order valence-electron chi connectivity index (χ0n) is 8.75. The third kappa shape index (κ3) is 2.35. The second kappa shape index (κ2) is 4.60. The molecule has 1 saturated heterocycles. The van der Waals surface area contributed by atoms with Gasteiger partial charge in [0, 0.05) is 6.42 Å². The standard InChI is InChI=1S/C11H18N2O/c1-2-11-13-10(8-14-11)6-9-4-3-5-12-7-9/h8-9,12H,2-7H2,1H3. The Morgan fingerprint density at radius 3 is 3.21 bits per heavy atom. The SMILES string of the molecule is CCc1nc(CC2CCCNC2)co1. The molecule has 1 aromatic rings. The molecule has 3 heteroatoms. The quantitative estimate of drug-likeness (QED) is 0.797. The van der Waals surface area contributed by atoms with E-state index in [1.165, 1.54) is 19.4 Å². The van der Waals surface area contributed by atoms with E-state index >= 15 is 0 Å². The molecule has 2 heterocycles. The summed E-state index contributed by atoms with van der Waals surface area (Å²) in [6.07, 6.45) is 6.39. The van der Waals surface area contributed by atoms with Crippen molar-refractivity contribution in [2.45, 2.75) is 32.6 Å². The van der Waals surface area contributed by atoms with Crippen LogP contribution in [0.5, 0.6) is 0 Å². The monoisotopic (exact) mass is 194 g/mol. The molecule has 0 amide bonds. The van der Waals surface area contributed by atoms with Gasteiger partial charge in [-0.1, -0.05) is 6.92 Å². The molecule has 1 aromatic heterocycles. The Labute approximate surface area is 84.9 Å². The van der Waals surface area contributed by atoms with E-state index in [4.69, 9.17) is 4.42 Å². The van der Waals surface area contributed by atoms with Crippen LogP contribution in [-0.4, -0.2) is 18.1 Å². The summed E-state index contributed by atoms with van der Waals surface area (Å²) in [5, 5.41) is 3.42. The first-order valence-corrected chi connectivity index (χ1v) is 5.52.